The smallest absolute Gasteiger partial charge is 0.123 e. The van der Waals surface area contributed by atoms with Crippen molar-refractivity contribution in [3.05, 3.63) is 45.9 Å². The zero-order valence-corrected chi connectivity index (χ0v) is 14.3. The van der Waals surface area contributed by atoms with Crippen molar-refractivity contribution in [2.75, 3.05) is 11.4 Å². The van der Waals surface area contributed by atoms with Crippen molar-refractivity contribution >= 4 is 21.6 Å². The van der Waals surface area contributed by atoms with E-state index in [0.29, 0.717) is 0 Å². The van der Waals surface area contributed by atoms with E-state index >= 15 is 0 Å². The molecule has 0 aliphatic heterocycles. The summed E-state index contributed by atoms with van der Waals surface area (Å²) in [6.45, 7) is 8.75. The molecule has 0 aliphatic carbocycles. The van der Waals surface area contributed by atoms with Gasteiger partial charge in [0, 0.05) is 18.8 Å². The van der Waals surface area contributed by atoms with Crippen LogP contribution in [-0.2, 0) is 19.5 Å². The molecule has 1 aromatic carbocycles. The number of halogens is 2. The highest BCUT2D eigenvalue weighted by molar-refractivity contribution is 9.10. The summed E-state index contributed by atoms with van der Waals surface area (Å²) in [5.74, 6) is -0.206. The van der Waals surface area contributed by atoms with Gasteiger partial charge >= 0.3 is 0 Å². The van der Waals surface area contributed by atoms with Crippen molar-refractivity contribution in [1.29, 1.82) is 0 Å². The van der Waals surface area contributed by atoms with E-state index in [1.54, 1.807) is 0 Å². The molecular formula is C16H21BrFN3. The molecular weight excluding hydrogens is 333 g/mol. The summed E-state index contributed by atoms with van der Waals surface area (Å²) in [5.41, 5.74) is 3.27. The molecule has 0 unspecified atom stereocenters. The van der Waals surface area contributed by atoms with Crippen LogP contribution in [-0.4, -0.2) is 16.3 Å². The van der Waals surface area contributed by atoms with Crippen LogP contribution < -0.4 is 4.90 Å². The molecule has 2 rings (SSSR count). The highest BCUT2D eigenvalue weighted by Gasteiger charge is 2.16. The molecule has 0 saturated heterocycles. The third kappa shape index (κ3) is 3.46. The third-order valence-electron chi connectivity index (χ3n) is 3.61. The molecule has 0 bridgehead atoms. The first-order valence-corrected chi connectivity index (χ1v) is 8.14. The molecule has 0 spiro atoms. The van der Waals surface area contributed by atoms with Crippen molar-refractivity contribution in [3.8, 4) is 0 Å². The minimum Gasteiger partial charge on any atom is -0.366 e. The Morgan fingerprint density at radius 2 is 1.86 bits per heavy atom. The number of aromatic nitrogens is 2. The Hall–Kier alpha value is -1.36. The van der Waals surface area contributed by atoms with Crippen LogP contribution in [0.3, 0.4) is 0 Å². The van der Waals surface area contributed by atoms with Gasteiger partial charge in [-0.25, -0.2) is 4.39 Å². The van der Waals surface area contributed by atoms with Crippen LogP contribution in [0.1, 0.15) is 32.2 Å². The van der Waals surface area contributed by atoms with E-state index in [1.807, 2.05) is 16.8 Å². The maximum atomic E-state index is 13.1. The van der Waals surface area contributed by atoms with Crippen LogP contribution in [0.4, 0.5) is 10.1 Å². The predicted octanol–water partition coefficient (Wildman–Crippen LogP) is 4.39. The van der Waals surface area contributed by atoms with Gasteiger partial charge < -0.3 is 4.90 Å². The number of benzene rings is 1. The van der Waals surface area contributed by atoms with Crippen molar-refractivity contribution in [2.24, 2.45) is 0 Å². The second kappa shape index (κ2) is 7.07. The first kappa shape index (κ1) is 16.0. The Bertz CT molecular complexity index is 592. The molecule has 0 amide bonds. The van der Waals surface area contributed by atoms with Gasteiger partial charge in [0.15, 0.2) is 0 Å². The maximum absolute atomic E-state index is 13.1. The number of rotatable bonds is 6. The van der Waals surface area contributed by atoms with Gasteiger partial charge in [-0.15, -0.1) is 0 Å². The molecule has 21 heavy (non-hydrogen) atoms. The average molecular weight is 354 g/mol. The van der Waals surface area contributed by atoms with Crippen LogP contribution in [0.15, 0.2) is 28.7 Å². The molecule has 1 heterocycles. The Labute approximate surface area is 133 Å². The van der Waals surface area contributed by atoms with Gasteiger partial charge in [-0.3, -0.25) is 4.68 Å². The fourth-order valence-corrected chi connectivity index (χ4v) is 3.08. The van der Waals surface area contributed by atoms with E-state index in [1.165, 1.54) is 17.8 Å². The van der Waals surface area contributed by atoms with Crippen molar-refractivity contribution < 1.29 is 4.39 Å². The Morgan fingerprint density at radius 3 is 2.38 bits per heavy atom. The Kier molecular flexibility index (Phi) is 5.39. The molecule has 114 valence electrons. The number of nitrogens with zero attached hydrogens (tertiary/aromatic N) is 3. The predicted molar refractivity (Wildman–Crippen MR) is 88.1 cm³/mol. The van der Waals surface area contributed by atoms with Gasteiger partial charge in [-0.1, -0.05) is 6.92 Å². The normalized spacial score (nSPS) is 10.9. The fraction of sp³-hybridized carbons (Fsp3) is 0.438. The van der Waals surface area contributed by atoms with Gasteiger partial charge in [0.05, 0.1) is 22.4 Å². The largest absolute Gasteiger partial charge is 0.366 e. The van der Waals surface area contributed by atoms with Crippen molar-refractivity contribution in [3.63, 3.8) is 0 Å². The van der Waals surface area contributed by atoms with E-state index in [9.17, 15) is 4.39 Å². The zero-order chi connectivity index (χ0) is 15.4. The lowest BCUT2D eigenvalue weighted by molar-refractivity contribution is 0.603. The molecule has 0 radical (unpaired) electrons. The minimum atomic E-state index is -0.206. The zero-order valence-electron chi connectivity index (χ0n) is 12.7. The molecule has 1 aromatic heterocycles. The van der Waals surface area contributed by atoms with E-state index in [4.69, 9.17) is 0 Å². The van der Waals surface area contributed by atoms with Crippen LogP contribution >= 0.6 is 15.9 Å². The minimum absolute atomic E-state index is 0.206. The van der Waals surface area contributed by atoms with Crippen molar-refractivity contribution in [2.45, 2.75) is 40.3 Å². The van der Waals surface area contributed by atoms with Gasteiger partial charge in [0.1, 0.15) is 5.82 Å². The summed E-state index contributed by atoms with van der Waals surface area (Å²) in [7, 11) is 0. The third-order valence-corrected chi connectivity index (χ3v) is 4.52. The van der Waals surface area contributed by atoms with Gasteiger partial charge in [-0.05, 0) is 60.5 Å². The van der Waals surface area contributed by atoms with E-state index < -0.39 is 0 Å². The van der Waals surface area contributed by atoms with Crippen LogP contribution in [0.25, 0.3) is 0 Å². The van der Waals surface area contributed by atoms with Crippen LogP contribution in [0.2, 0.25) is 0 Å². The summed E-state index contributed by atoms with van der Waals surface area (Å²) < 4.78 is 16.2. The fourth-order valence-electron chi connectivity index (χ4n) is 2.39. The Morgan fingerprint density at radius 1 is 1.19 bits per heavy atom. The summed E-state index contributed by atoms with van der Waals surface area (Å²) in [6, 6.07) is 6.64. The first-order chi connectivity index (χ1) is 10.1. The molecule has 0 saturated carbocycles. The number of anilines is 1. The second-order valence-electron chi connectivity index (χ2n) is 4.87. The number of hydrogen-bond donors (Lipinski definition) is 0. The monoisotopic (exact) mass is 353 g/mol. The standard InChI is InChI=1S/C16H21BrFN3/c1-4-14-16(17)15(21(6-3)19-14)11-20(5-2)13-9-7-12(18)8-10-13/h7-10H,4-6,11H2,1-3H3. The summed E-state index contributed by atoms with van der Waals surface area (Å²) in [6.07, 6.45) is 0.906. The maximum Gasteiger partial charge on any atom is 0.123 e. The molecule has 0 N–H and O–H groups in total. The molecule has 0 atom stereocenters. The van der Waals surface area contributed by atoms with E-state index in [2.05, 4.69) is 46.7 Å². The summed E-state index contributed by atoms with van der Waals surface area (Å²) in [4.78, 5) is 2.22. The topological polar surface area (TPSA) is 21.1 Å². The number of hydrogen-bond acceptors (Lipinski definition) is 2. The van der Waals surface area contributed by atoms with Crippen molar-refractivity contribution in [1.82, 2.24) is 9.78 Å². The Balaban J connectivity index is 2.30. The van der Waals surface area contributed by atoms with Gasteiger partial charge in [-0.2, -0.15) is 5.10 Å². The lowest BCUT2D eigenvalue weighted by atomic mass is 10.2. The van der Waals surface area contributed by atoms with Gasteiger partial charge in [0.2, 0.25) is 0 Å². The lowest BCUT2D eigenvalue weighted by Gasteiger charge is -2.23. The lowest BCUT2D eigenvalue weighted by Crippen LogP contribution is -2.24. The van der Waals surface area contributed by atoms with Crippen LogP contribution in [0.5, 0.6) is 0 Å². The van der Waals surface area contributed by atoms with E-state index in [0.717, 1.165) is 41.9 Å². The van der Waals surface area contributed by atoms with E-state index in [-0.39, 0.29) is 5.82 Å². The van der Waals surface area contributed by atoms with Crippen LogP contribution in [0, 0.1) is 5.82 Å². The highest BCUT2D eigenvalue weighted by Crippen LogP contribution is 2.26. The SMILES string of the molecule is CCc1nn(CC)c(CN(CC)c2ccc(F)cc2)c1Br. The summed E-state index contributed by atoms with van der Waals surface area (Å²) in [5, 5.41) is 4.62. The highest BCUT2D eigenvalue weighted by atomic mass is 79.9. The second-order valence-corrected chi connectivity index (χ2v) is 5.66. The molecule has 3 nitrogen and oxygen atoms in total. The molecule has 5 heteroatoms. The molecule has 0 aliphatic rings. The molecule has 0 fully saturated rings. The summed E-state index contributed by atoms with van der Waals surface area (Å²) >= 11 is 3.67. The molecule has 2 aromatic rings. The van der Waals surface area contributed by atoms with Gasteiger partial charge in [0.25, 0.3) is 0 Å². The first-order valence-electron chi connectivity index (χ1n) is 7.35. The quantitative estimate of drug-likeness (QED) is 0.767. The number of aryl methyl sites for hydroxylation is 2. The average Bonchev–Trinajstić information content (AvgIpc) is 2.81.